The van der Waals surface area contributed by atoms with E-state index in [1.54, 1.807) is 19.1 Å². The van der Waals surface area contributed by atoms with Crippen molar-refractivity contribution in [3.63, 3.8) is 0 Å². The molecule has 1 atom stereocenters. The summed E-state index contributed by atoms with van der Waals surface area (Å²) in [5, 5.41) is 0.957. The maximum absolute atomic E-state index is 11.8. The number of fused-ring (bicyclic) bond motifs is 1. The molecule has 5 nitrogen and oxygen atoms in total. The van der Waals surface area contributed by atoms with Gasteiger partial charge in [-0.1, -0.05) is 37.3 Å². The molecule has 128 valence electrons. The Morgan fingerprint density at radius 2 is 1.80 bits per heavy atom. The van der Waals surface area contributed by atoms with Crippen LogP contribution in [0.5, 0.6) is 0 Å². The van der Waals surface area contributed by atoms with E-state index in [2.05, 4.69) is 4.98 Å². The Morgan fingerprint density at radius 3 is 2.48 bits per heavy atom. The molecule has 5 heteroatoms. The Morgan fingerprint density at radius 1 is 1.08 bits per heavy atom. The van der Waals surface area contributed by atoms with Gasteiger partial charge in [-0.3, -0.25) is 0 Å². The summed E-state index contributed by atoms with van der Waals surface area (Å²) in [5.74, 6) is 0.306. The van der Waals surface area contributed by atoms with Crippen LogP contribution in [0.15, 0.2) is 48.5 Å². The van der Waals surface area contributed by atoms with Gasteiger partial charge in [0.25, 0.3) is 0 Å². The Labute approximate surface area is 146 Å². The highest BCUT2D eigenvalue weighted by Crippen LogP contribution is 2.28. The normalized spacial score (nSPS) is 12.1. The number of hydrogen-bond acceptors (Lipinski definition) is 5. The quantitative estimate of drug-likeness (QED) is 0.716. The fourth-order valence-electron chi connectivity index (χ4n) is 2.64. The van der Waals surface area contributed by atoms with E-state index in [4.69, 9.17) is 15.5 Å². The molecule has 2 aromatic carbocycles. The topological polar surface area (TPSA) is 78.1 Å². The van der Waals surface area contributed by atoms with Crippen molar-refractivity contribution in [2.75, 3.05) is 6.61 Å². The maximum Gasteiger partial charge on any atom is 0.338 e. The number of rotatable bonds is 5. The SMILES string of the molecule is CCOC(=O)c1ccc(-c2nc([C@@H](N)CC)nc3ccccc23)cc1. The van der Waals surface area contributed by atoms with Crippen LogP contribution >= 0.6 is 0 Å². The lowest BCUT2D eigenvalue weighted by Gasteiger charge is -2.12. The number of nitrogens with two attached hydrogens (primary N) is 1. The second-order valence-electron chi connectivity index (χ2n) is 5.76. The molecule has 0 saturated carbocycles. The monoisotopic (exact) mass is 335 g/mol. The van der Waals surface area contributed by atoms with Crippen molar-refractivity contribution in [2.45, 2.75) is 26.3 Å². The van der Waals surface area contributed by atoms with E-state index in [-0.39, 0.29) is 12.0 Å². The summed E-state index contributed by atoms with van der Waals surface area (Å²) in [6, 6.07) is 14.9. The molecule has 0 aliphatic heterocycles. The molecule has 0 radical (unpaired) electrons. The van der Waals surface area contributed by atoms with E-state index in [9.17, 15) is 4.79 Å². The third kappa shape index (κ3) is 3.51. The van der Waals surface area contributed by atoms with Crippen LogP contribution in [0, 0.1) is 0 Å². The molecule has 0 aliphatic rings. The van der Waals surface area contributed by atoms with Crippen molar-refractivity contribution in [2.24, 2.45) is 5.73 Å². The third-order valence-electron chi connectivity index (χ3n) is 4.06. The van der Waals surface area contributed by atoms with Gasteiger partial charge in [0, 0.05) is 10.9 Å². The average molecular weight is 335 g/mol. The summed E-state index contributed by atoms with van der Waals surface area (Å²) < 4.78 is 5.03. The van der Waals surface area contributed by atoms with E-state index in [0.29, 0.717) is 18.0 Å². The zero-order chi connectivity index (χ0) is 17.8. The first kappa shape index (κ1) is 17.0. The van der Waals surface area contributed by atoms with Crippen molar-refractivity contribution in [1.29, 1.82) is 0 Å². The number of ether oxygens (including phenoxy) is 1. The summed E-state index contributed by atoms with van der Waals surface area (Å²) in [5.41, 5.74) is 9.26. The molecule has 0 bridgehead atoms. The van der Waals surface area contributed by atoms with Crippen LogP contribution in [-0.2, 0) is 4.74 Å². The van der Waals surface area contributed by atoms with Gasteiger partial charge in [-0.25, -0.2) is 14.8 Å². The van der Waals surface area contributed by atoms with Gasteiger partial charge in [-0.15, -0.1) is 0 Å². The number of nitrogens with zero attached hydrogens (tertiary/aromatic N) is 2. The summed E-state index contributed by atoms with van der Waals surface area (Å²) in [7, 11) is 0. The van der Waals surface area contributed by atoms with Crippen LogP contribution in [0.3, 0.4) is 0 Å². The highest BCUT2D eigenvalue weighted by atomic mass is 16.5. The van der Waals surface area contributed by atoms with E-state index in [1.165, 1.54) is 0 Å². The van der Waals surface area contributed by atoms with Gasteiger partial charge in [0.1, 0.15) is 5.82 Å². The van der Waals surface area contributed by atoms with Crippen LogP contribution in [0.25, 0.3) is 22.2 Å². The minimum atomic E-state index is -0.324. The Bertz CT molecular complexity index is 891. The molecular weight excluding hydrogens is 314 g/mol. The van der Waals surface area contributed by atoms with Gasteiger partial charge in [-0.2, -0.15) is 0 Å². The van der Waals surface area contributed by atoms with Crippen LogP contribution in [0.1, 0.15) is 42.5 Å². The Kier molecular flexibility index (Phi) is 5.05. The number of carbonyl (C=O) groups excluding carboxylic acids is 1. The number of esters is 1. The molecule has 25 heavy (non-hydrogen) atoms. The fraction of sp³-hybridized carbons (Fsp3) is 0.250. The number of aromatic nitrogens is 2. The summed E-state index contributed by atoms with van der Waals surface area (Å²) in [4.78, 5) is 21.1. The first-order valence-corrected chi connectivity index (χ1v) is 8.43. The molecule has 1 aromatic heterocycles. The standard InChI is InChI=1S/C20H21N3O2/c1-3-16(21)19-22-17-8-6-5-7-15(17)18(23-19)13-9-11-14(12-10-13)20(24)25-4-2/h5-12,16H,3-4,21H2,1-2H3/t16-/m0/s1. The largest absolute Gasteiger partial charge is 0.462 e. The molecule has 0 fully saturated rings. The average Bonchev–Trinajstić information content (AvgIpc) is 2.66. The van der Waals surface area contributed by atoms with E-state index < -0.39 is 0 Å². The second-order valence-corrected chi connectivity index (χ2v) is 5.76. The van der Waals surface area contributed by atoms with Crippen molar-refractivity contribution >= 4 is 16.9 Å². The van der Waals surface area contributed by atoms with Gasteiger partial charge in [-0.05, 0) is 31.5 Å². The zero-order valence-electron chi connectivity index (χ0n) is 14.4. The molecule has 3 aromatic rings. The van der Waals surface area contributed by atoms with Crippen LogP contribution < -0.4 is 5.73 Å². The second kappa shape index (κ2) is 7.40. The van der Waals surface area contributed by atoms with Crippen LogP contribution in [-0.4, -0.2) is 22.5 Å². The Balaban J connectivity index is 2.09. The minimum absolute atomic E-state index is 0.206. The molecule has 0 saturated heterocycles. The summed E-state index contributed by atoms with van der Waals surface area (Å²) in [6.45, 7) is 4.16. The van der Waals surface area contributed by atoms with Crippen molar-refractivity contribution in [3.05, 3.63) is 59.9 Å². The van der Waals surface area contributed by atoms with Crippen LogP contribution in [0.4, 0.5) is 0 Å². The summed E-state index contributed by atoms with van der Waals surface area (Å²) in [6.07, 6.45) is 0.763. The predicted molar refractivity (Wildman–Crippen MR) is 98.1 cm³/mol. The van der Waals surface area contributed by atoms with Crippen molar-refractivity contribution < 1.29 is 9.53 Å². The van der Waals surface area contributed by atoms with Gasteiger partial charge < -0.3 is 10.5 Å². The molecule has 0 spiro atoms. The van der Waals surface area contributed by atoms with E-state index in [0.717, 1.165) is 28.6 Å². The Hall–Kier alpha value is -2.79. The van der Waals surface area contributed by atoms with Gasteiger partial charge >= 0.3 is 5.97 Å². The van der Waals surface area contributed by atoms with Gasteiger partial charge in [0.05, 0.1) is 29.4 Å². The molecule has 1 heterocycles. The van der Waals surface area contributed by atoms with Gasteiger partial charge in [0.15, 0.2) is 0 Å². The van der Waals surface area contributed by atoms with Gasteiger partial charge in [0.2, 0.25) is 0 Å². The molecule has 0 amide bonds. The zero-order valence-corrected chi connectivity index (χ0v) is 14.4. The van der Waals surface area contributed by atoms with Crippen LogP contribution in [0.2, 0.25) is 0 Å². The van der Waals surface area contributed by atoms with Crippen molar-refractivity contribution in [1.82, 2.24) is 9.97 Å². The third-order valence-corrected chi connectivity index (χ3v) is 4.06. The predicted octanol–water partition coefficient (Wildman–Crippen LogP) is 3.88. The number of hydrogen-bond donors (Lipinski definition) is 1. The number of carbonyl (C=O) groups is 1. The van der Waals surface area contributed by atoms with Crippen molar-refractivity contribution in [3.8, 4) is 11.3 Å². The van der Waals surface area contributed by atoms with E-state index in [1.807, 2.05) is 43.3 Å². The highest BCUT2D eigenvalue weighted by Gasteiger charge is 2.14. The lowest BCUT2D eigenvalue weighted by molar-refractivity contribution is 0.0526. The first-order chi connectivity index (χ1) is 12.1. The lowest BCUT2D eigenvalue weighted by atomic mass is 10.0. The fourth-order valence-corrected chi connectivity index (χ4v) is 2.64. The summed E-state index contributed by atoms with van der Waals surface area (Å²) >= 11 is 0. The first-order valence-electron chi connectivity index (χ1n) is 8.43. The smallest absolute Gasteiger partial charge is 0.338 e. The molecular formula is C20H21N3O2. The van der Waals surface area contributed by atoms with E-state index >= 15 is 0 Å². The minimum Gasteiger partial charge on any atom is -0.462 e. The molecule has 3 rings (SSSR count). The number of benzene rings is 2. The molecule has 0 aliphatic carbocycles. The molecule has 2 N–H and O–H groups in total. The lowest BCUT2D eigenvalue weighted by Crippen LogP contribution is -2.13. The number of para-hydroxylation sites is 1. The molecule has 0 unspecified atom stereocenters. The highest BCUT2D eigenvalue weighted by molar-refractivity contribution is 5.94. The maximum atomic E-state index is 11.8.